The SMILES string of the molecule is C=C(Cl)COc1c(Br)cc(CO)cc1Br. The molecule has 1 aromatic rings. The second kappa shape index (κ2) is 5.89. The summed E-state index contributed by atoms with van der Waals surface area (Å²) in [6, 6.07) is 3.58. The van der Waals surface area contributed by atoms with Crippen LogP contribution in [0.1, 0.15) is 5.56 Å². The average Bonchev–Trinajstić information content (AvgIpc) is 2.15. The smallest absolute Gasteiger partial charge is 0.148 e. The average molecular weight is 356 g/mol. The molecule has 1 rings (SSSR count). The van der Waals surface area contributed by atoms with Crippen molar-refractivity contribution in [1.29, 1.82) is 0 Å². The molecule has 0 amide bonds. The van der Waals surface area contributed by atoms with E-state index in [1.165, 1.54) is 0 Å². The number of ether oxygens (including phenoxy) is 1. The minimum Gasteiger partial charge on any atom is -0.486 e. The lowest BCUT2D eigenvalue weighted by atomic mass is 10.2. The van der Waals surface area contributed by atoms with Crippen LogP contribution in [0.15, 0.2) is 32.7 Å². The number of aliphatic hydroxyl groups is 1. The maximum absolute atomic E-state index is 8.98. The molecule has 0 aliphatic carbocycles. The third-order valence-corrected chi connectivity index (χ3v) is 2.90. The predicted molar refractivity (Wildman–Crippen MR) is 68.3 cm³/mol. The second-order valence-corrected chi connectivity index (χ2v) is 5.10. The predicted octanol–water partition coefficient (Wildman–Crippen LogP) is 3.84. The van der Waals surface area contributed by atoms with Gasteiger partial charge in [-0.2, -0.15) is 0 Å². The van der Waals surface area contributed by atoms with Crippen molar-refractivity contribution in [2.45, 2.75) is 6.61 Å². The summed E-state index contributed by atoms with van der Waals surface area (Å²) in [4.78, 5) is 0. The van der Waals surface area contributed by atoms with Gasteiger partial charge in [-0.05, 0) is 49.6 Å². The summed E-state index contributed by atoms with van der Waals surface area (Å²) < 4.78 is 6.95. The van der Waals surface area contributed by atoms with Gasteiger partial charge < -0.3 is 9.84 Å². The lowest BCUT2D eigenvalue weighted by Gasteiger charge is -2.10. The zero-order valence-electron chi connectivity index (χ0n) is 7.77. The van der Waals surface area contributed by atoms with Crippen molar-refractivity contribution < 1.29 is 9.84 Å². The van der Waals surface area contributed by atoms with Gasteiger partial charge >= 0.3 is 0 Å². The van der Waals surface area contributed by atoms with E-state index in [1.807, 2.05) is 0 Å². The zero-order chi connectivity index (χ0) is 11.4. The minimum absolute atomic E-state index is 0.0142. The quantitative estimate of drug-likeness (QED) is 0.888. The summed E-state index contributed by atoms with van der Waals surface area (Å²) in [5, 5.41) is 9.41. The fourth-order valence-electron chi connectivity index (χ4n) is 0.992. The number of benzene rings is 1. The first-order valence-electron chi connectivity index (χ1n) is 4.09. The molecule has 0 fully saturated rings. The van der Waals surface area contributed by atoms with Crippen LogP contribution < -0.4 is 4.74 Å². The highest BCUT2D eigenvalue weighted by molar-refractivity contribution is 9.11. The van der Waals surface area contributed by atoms with Gasteiger partial charge in [0.05, 0.1) is 15.6 Å². The number of hydrogen-bond donors (Lipinski definition) is 1. The number of rotatable bonds is 4. The molecule has 15 heavy (non-hydrogen) atoms. The van der Waals surface area contributed by atoms with E-state index in [4.69, 9.17) is 21.4 Å². The van der Waals surface area contributed by atoms with Gasteiger partial charge in [-0.3, -0.25) is 0 Å². The fraction of sp³-hybridized carbons (Fsp3) is 0.200. The highest BCUT2D eigenvalue weighted by Crippen LogP contribution is 2.35. The van der Waals surface area contributed by atoms with E-state index in [9.17, 15) is 0 Å². The van der Waals surface area contributed by atoms with Crippen molar-refractivity contribution in [3.05, 3.63) is 38.3 Å². The molecule has 0 unspecified atom stereocenters. The Morgan fingerprint density at radius 3 is 2.33 bits per heavy atom. The van der Waals surface area contributed by atoms with E-state index in [0.29, 0.717) is 10.8 Å². The molecule has 0 radical (unpaired) electrons. The van der Waals surface area contributed by atoms with Gasteiger partial charge in [0.25, 0.3) is 0 Å². The molecule has 5 heteroatoms. The van der Waals surface area contributed by atoms with Crippen LogP contribution in [0.2, 0.25) is 0 Å². The van der Waals surface area contributed by atoms with Gasteiger partial charge in [-0.15, -0.1) is 0 Å². The monoisotopic (exact) mass is 354 g/mol. The van der Waals surface area contributed by atoms with E-state index in [-0.39, 0.29) is 13.2 Å². The summed E-state index contributed by atoms with van der Waals surface area (Å²) in [6.07, 6.45) is 0. The molecule has 82 valence electrons. The zero-order valence-corrected chi connectivity index (χ0v) is 11.7. The summed E-state index contributed by atoms with van der Waals surface area (Å²) in [6.45, 7) is 3.77. The van der Waals surface area contributed by atoms with Gasteiger partial charge in [-0.1, -0.05) is 18.2 Å². The van der Waals surface area contributed by atoms with Crippen LogP contribution in [-0.4, -0.2) is 11.7 Å². The van der Waals surface area contributed by atoms with E-state index in [2.05, 4.69) is 38.4 Å². The van der Waals surface area contributed by atoms with E-state index in [1.54, 1.807) is 12.1 Å². The Hall–Kier alpha value is -0.0300. The van der Waals surface area contributed by atoms with Crippen LogP contribution in [0.4, 0.5) is 0 Å². The Labute approximate surface area is 110 Å². The molecular weight excluding hydrogens is 347 g/mol. The van der Waals surface area contributed by atoms with Crippen LogP contribution in [-0.2, 0) is 6.61 Å². The van der Waals surface area contributed by atoms with E-state index < -0.39 is 0 Å². The number of aliphatic hydroxyl groups excluding tert-OH is 1. The van der Waals surface area contributed by atoms with Crippen LogP contribution in [0.5, 0.6) is 5.75 Å². The maximum Gasteiger partial charge on any atom is 0.148 e. The van der Waals surface area contributed by atoms with Crippen LogP contribution in [0.25, 0.3) is 0 Å². The molecule has 1 N–H and O–H groups in total. The fourth-order valence-corrected chi connectivity index (χ4v) is 2.56. The second-order valence-electron chi connectivity index (χ2n) is 2.85. The lowest BCUT2D eigenvalue weighted by molar-refractivity contribution is 0.281. The Kier molecular flexibility index (Phi) is 5.12. The topological polar surface area (TPSA) is 29.5 Å². The first kappa shape index (κ1) is 13.0. The summed E-state index contributed by atoms with van der Waals surface area (Å²) >= 11 is 12.3. The van der Waals surface area contributed by atoms with Gasteiger partial charge in [0, 0.05) is 5.03 Å². The largest absolute Gasteiger partial charge is 0.486 e. The highest BCUT2D eigenvalue weighted by atomic mass is 79.9. The van der Waals surface area contributed by atoms with Crippen LogP contribution in [0.3, 0.4) is 0 Å². The Morgan fingerprint density at radius 1 is 1.40 bits per heavy atom. The molecule has 0 saturated carbocycles. The van der Waals surface area contributed by atoms with E-state index in [0.717, 1.165) is 14.5 Å². The van der Waals surface area contributed by atoms with Crippen molar-refractivity contribution in [3.8, 4) is 5.75 Å². The van der Waals surface area contributed by atoms with Gasteiger partial charge in [0.2, 0.25) is 0 Å². The van der Waals surface area contributed by atoms with Crippen molar-refractivity contribution in [2.24, 2.45) is 0 Å². The summed E-state index contributed by atoms with van der Waals surface area (Å²) in [5.41, 5.74) is 0.797. The van der Waals surface area contributed by atoms with Gasteiger partial charge in [0.1, 0.15) is 12.4 Å². The van der Waals surface area contributed by atoms with Crippen LogP contribution in [0, 0.1) is 0 Å². The molecule has 2 nitrogen and oxygen atoms in total. The maximum atomic E-state index is 8.98. The third-order valence-electron chi connectivity index (χ3n) is 1.61. The Balaban J connectivity index is 2.92. The summed E-state index contributed by atoms with van der Waals surface area (Å²) in [5.74, 6) is 0.647. The Bertz CT molecular complexity index is 357. The minimum atomic E-state index is -0.0142. The van der Waals surface area contributed by atoms with E-state index >= 15 is 0 Å². The standard InChI is InChI=1S/C10H9Br2ClO2/c1-6(13)5-15-10-8(11)2-7(4-14)3-9(10)12/h2-3,14H,1,4-5H2. The molecule has 0 aliphatic heterocycles. The normalized spacial score (nSPS) is 10.1. The molecular formula is C10H9Br2ClO2. The van der Waals surface area contributed by atoms with Crippen molar-refractivity contribution in [3.63, 3.8) is 0 Å². The highest BCUT2D eigenvalue weighted by Gasteiger charge is 2.08. The number of hydrogen-bond acceptors (Lipinski definition) is 2. The van der Waals surface area contributed by atoms with Crippen LogP contribution >= 0.6 is 43.5 Å². The van der Waals surface area contributed by atoms with Crippen molar-refractivity contribution >= 4 is 43.5 Å². The molecule has 0 atom stereocenters. The van der Waals surface area contributed by atoms with Gasteiger partial charge in [0.15, 0.2) is 0 Å². The molecule has 1 aromatic carbocycles. The van der Waals surface area contributed by atoms with Gasteiger partial charge in [-0.25, -0.2) is 0 Å². The van der Waals surface area contributed by atoms with Crippen molar-refractivity contribution in [2.75, 3.05) is 6.61 Å². The first-order chi connectivity index (χ1) is 7.04. The third kappa shape index (κ3) is 3.79. The Morgan fingerprint density at radius 2 is 1.93 bits per heavy atom. The lowest BCUT2D eigenvalue weighted by Crippen LogP contribution is -1.98. The summed E-state index contributed by atoms with van der Waals surface area (Å²) in [7, 11) is 0. The molecule has 0 heterocycles. The molecule has 0 bridgehead atoms. The molecule has 0 spiro atoms. The first-order valence-corrected chi connectivity index (χ1v) is 6.06. The molecule has 0 saturated heterocycles. The molecule has 0 aromatic heterocycles. The van der Waals surface area contributed by atoms with Crippen molar-refractivity contribution in [1.82, 2.24) is 0 Å². The number of halogens is 3. The molecule has 0 aliphatic rings.